The van der Waals surface area contributed by atoms with Crippen LogP contribution in [-0.4, -0.2) is 12.0 Å². The number of rotatable bonds is 2. The first-order valence-corrected chi connectivity index (χ1v) is 4.09. The Morgan fingerprint density at radius 3 is 2.67 bits per heavy atom. The molecule has 0 fully saturated rings. The quantitative estimate of drug-likeness (QED) is 0.703. The topological polar surface area (TPSA) is 50.9 Å². The minimum Gasteiger partial charge on any atom is -0.396 e. The lowest BCUT2D eigenvalue weighted by Crippen LogP contribution is -2.03. The van der Waals surface area contributed by atoms with E-state index in [0.29, 0.717) is 5.92 Å². The van der Waals surface area contributed by atoms with Crippen LogP contribution in [0.15, 0.2) is 12.3 Å². The predicted octanol–water partition coefficient (Wildman–Crippen LogP) is 1.83. The average Bonchev–Trinajstić information content (AvgIpc) is 2.04. The highest BCUT2D eigenvalue weighted by atomic mass is 15.0. The van der Waals surface area contributed by atoms with Crippen molar-refractivity contribution in [3.05, 3.63) is 17.8 Å². The molecule has 12 heavy (non-hydrogen) atoms. The van der Waals surface area contributed by atoms with E-state index in [1.807, 2.05) is 13.1 Å². The maximum absolute atomic E-state index is 5.87. The Morgan fingerprint density at radius 2 is 2.17 bits per heavy atom. The first kappa shape index (κ1) is 8.84. The van der Waals surface area contributed by atoms with Crippen molar-refractivity contribution in [3.63, 3.8) is 0 Å². The average molecular weight is 165 g/mol. The van der Waals surface area contributed by atoms with Crippen molar-refractivity contribution in [2.24, 2.45) is 0 Å². The van der Waals surface area contributed by atoms with Crippen LogP contribution in [0.4, 0.5) is 11.5 Å². The van der Waals surface area contributed by atoms with Crippen LogP contribution in [0.1, 0.15) is 25.3 Å². The second-order valence-electron chi connectivity index (χ2n) is 3.07. The molecule has 0 saturated heterocycles. The summed E-state index contributed by atoms with van der Waals surface area (Å²) in [5.41, 5.74) is 7.78. The molecule has 0 aliphatic rings. The van der Waals surface area contributed by atoms with E-state index in [2.05, 4.69) is 24.1 Å². The Kier molecular flexibility index (Phi) is 2.53. The molecule has 1 heterocycles. The van der Waals surface area contributed by atoms with Crippen molar-refractivity contribution in [1.82, 2.24) is 4.98 Å². The van der Waals surface area contributed by atoms with Gasteiger partial charge in [-0.1, -0.05) is 13.8 Å². The highest BCUT2D eigenvalue weighted by molar-refractivity contribution is 5.65. The number of hydrogen-bond acceptors (Lipinski definition) is 3. The Morgan fingerprint density at radius 1 is 1.50 bits per heavy atom. The number of hydrogen-bond donors (Lipinski definition) is 2. The summed E-state index contributed by atoms with van der Waals surface area (Å²) in [6.45, 7) is 4.23. The molecule has 3 N–H and O–H groups in total. The summed E-state index contributed by atoms with van der Waals surface area (Å²) in [6.07, 6.45) is 1.78. The molecule has 3 nitrogen and oxygen atoms in total. The van der Waals surface area contributed by atoms with Gasteiger partial charge in [0, 0.05) is 13.2 Å². The van der Waals surface area contributed by atoms with Gasteiger partial charge in [-0.25, -0.2) is 4.98 Å². The van der Waals surface area contributed by atoms with Gasteiger partial charge in [0.1, 0.15) is 5.82 Å². The van der Waals surface area contributed by atoms with Crippen LogP contribution in [0, 0.1) is 0 Å². The van der Waals surface area contributed by atoms with Gasteiger partial charge in [-0.3, -0.25) is 0 Å². The maximum atomic E-state index is 5.87. The molecular weight excluding hydrogens is 150 g/mol. The summed E-state index contributed by atoms with van der Waals surface area (Å²) in [5, 5.41) is 2.95. The molecule has 0 aliphatic heterocycles. The molecule has 1 aromatic heterocycles. The standard InChI is InChI=1S/C9H15N3/c1-6(2)7-4-5-12-9(11-3)8(7)10/h4-6H,10H2,1-3H3,(H,11,12). The molecule has 0 aromatic carbocycles. The van der Waals surface area contributed by atoms with E-state index in [0.717, 1.165) is 17.1 Å². The Labute approximate surface area is 73.0 Å². The fraction of sp³-hybridized carbons (Fsp3) is 0.444. The largest absolute Gasteiger partial charge is 0.396 e. The van der Waals surface area contributed by atoms with Crippen LogP contribution < -0.4 is 11.1 Å². The number of nitrogen functional groups attached to an aromatic ring is 1. The normalized spacial score (nSPS) is 10.3. The van der Waals surface area contributed by atoms with Crippen molar-refractivity contribution in [3.8, 4) is 0 Å². The SMILES string of the molecule is CNc1nccc(C(C)C)c1N. The zero-order valence-electron chi connectivity index (χ0n) is 7.76. The van der Waals surface area contributed by atoms with Crippen molar-refractivity contribution in [2.75, 3.05) is 18.1 Å². The van der Waals surface area contributed by atoms with Gasteiger partial charge in [0.15, 0.2) is 0 Å². The Bertz CT molecular complexity index is 268. The van der Waals surface area contributed by atoms with Crippen LogP contribution >= 0.6 is 0 Å². The lowest BCUT2D eigenvalue weighted by Gasteiger charge is -2.11. The molecule has 66 valence electrons. The zero-order chi connectivity index (χ0) is 9.14. The van der Waals surface area contributed by atoms with Crippen LogP contribution in [0.3, 0.4) is 0 Å². The molecule has 1 aromatic rings. The summed E-state index contributed by atoms with van der Waals surface area (Å²) in [6, 6.07) is 1.96. The highest BCUT2D eigenvalue weighted by Crippen LogP contribution is 2.25. The van der Waals surface area contributed by atoms with E-state index in [-0.39, 0.29) is 0 Å². The number of nitrogens with one attached hydrogen (secondary N) is 1. The smallest absolute Gasteiger partial charge is 0.149 e. The van der Waals surface area contributed by atoms with Gasteiger partial charge < -0.3 is 11.1 Å². The third kappa shape index (κ3) is 1.49. The molecule has 1 rings (SSSR count). The molecule has 0 radical (unpaired) electrons. The Balaban J connectivity index is 3.14. The molecule has 0 unspecified atom stereocenters. The maximum Gasteiger partial charge on any atom is 0.149 e. The molecule has 0 aliphatic carbocycles. The number of pyridine rings is 1. The summed E-state index contributed by atoms with van der Waals surface area (Å²) < 4.78 is 0. The van der Waals surface area contributed by atoms with E-state index in [9.17, 15) is 0 Å². The number of aromatic nitrogens is 1. The molecule has 0 amide bonds. The second-order valence-corrected chi connectivity index (χ2v) is 3.07. The van der Waals surface area contributed by atoms with Crippen molar-refractivity contribution >= 4 is 11.5 Å². The van der Waals surface area contributed by atoms with Gasteiger partial charge in [-0.05, 0) is 17.5 Å². The van der Waals surface area contributed by atoms with Gasteiger partial charge in [0.2, 0.25) is 0 Å². The van der Waals surface area contributed by atoms with Crippen molar-refractivity contribution < 1.29 is 0 Å². The van der Waals surface area contributed by atoms with Gasteiger partial charge >= 0.3 is 0 Å². The van der Waals surface area contributed by atoms with Crippen LogP contribution in [0.2, 0.25) is 0 Å². The summed E-state index contributed by atoms with van der Waals surface area (Å²) in [5.74, 6) is 1.21. The van der Waals surface area contributed by atoms with E-state index < -0.39 is 0 Å². The van der Waals surface area contributed by atoms with Crippen LogP contribution in [0.25, 0.3) is 0 Å². The minimum absolute atomic E-state index is 0.445. The van der Waals surface area contributed by atoms with Crippen LogP contribution in [0.5, 0.6) is 0 Å². The first-order chi connectivity index (χ1) is 5.66. The number of nitrogens with zero attached hydrogens (tertiary/aromatic N) is 1. The summed E-state index contributed by atoms with van der Waals surface area (Å²) >= 11 is 0. The predicted molar refractivity (Wildman–Crippen MR) is 52.3 cm³/mol. The lowest BCUT2D eigenvalue weighted by atomic mass is 10.0. The lowest BCUT2D eigenvalue weighted by molar-refractivity contribution is 0.867. The summed E-state index contributed by atoms with van der Waals surface area (Å²) in [4.78, 5) is 4.10. The zero-order valence-corrected chi connectivity index (χ0v) is 7.76. The van der Waals surface area contributed by atoms with Gasteiger partial charge in [0.25, 0.3) is 0 Å². The molecule has 0 spiro atoms. The van der Waals surface area contributed by atoms with E-state index >= 15 is 0 Å². The first-order valence-electron chi connectivity index (χ1n) is 4.09. The number of anilines is 2. The van der Waals surface area contributed by atoms with E-state index in [1.54, 1.807) is 6.20 Å². The molecule has 0 atom stereocenters. The Hall–Kier alpha value is -1.25. The molecule has 3 heteroatoms. The third-order valence-electron chi connectivity index (χ3n) is 1.88. The second kappa shape index (κ2) is 3.43. The van der Waals surface area contributed by atoms with Gasteiger partial charge in [-0.15, -0.1) is 0 Å². The van der Waals surface area contributed by atoms with Crippen molar-refractivity contribution in [1.29, 1.82) is 0 Å². The van der Waals surface area contributed by atoms with E-state index in [1.165, 1.54) is 0 Å². The van der Waals surface area contributed by atoms with Crippen molar-refractivity contribution in [2.45, 2.75) is 19.8 Å². The van der Waals surface area contributed by atoms with Crippen LogP contribution in [-0.2, 0) is 0 Å². The summed E-state index contributed by atoms with van der Waals surface area (Å²) in [7, 11) is 1.82. The van der Waals surface area contributed by atoms with Gasteiger partial charge in [-0.2, -0.15) is 0 Å². The fourth-order valence-corrected chi connectivity index (χ4v) is 1.19. The highest BCUT2D eigenvalue weighted by Gasteiger charge is 2.07. The monoisotopic (exact) mass is 165 g/mol. The number of nitrogens with two attached hydrogens (primary N) is 1. The minimum atomic E-state index is 0.445. The molecular formula is C9H15N3. The molecule has 0 saturated carbocycles. The third-order valence-corrected chi connectivity index (χ3v) is 1.88. The van der Waals surface area contributed by atoms with Gasteiger partial charge in [0.05, 0.1) is 5.69 Å². The molecule has 0 bridgehead atoms. The fourth-order valence-electron chi connectivity index (χ4n) is 1.19. The van der Waals surface area contributed by atoms with E-state index in [4.69, 9.17) is 5.73 Å².